The molecule has 5 heteroatoms. The van der Waals surface area contributed by atoms with Crippen molar-refractivity contribution < 1.29 is 4.79 Å². The van der Waals surface area contributed by atoms with Crippen molar-refractivity contribution in [2.45, 2.75) is 45.2 Å². The molecule has 0 radical (unpaired) electrons. The molecule has 22 heavy (non-hydrogen) atoms. The molecule has 116 valence electrons. The molecule has 1 fully saturated rings. The molecule has 0 bridgehead atoms. The lowest BCUT2D eigenvalue weighted by Crippen LogP contribution is -2.43. The van der Waals surface area contributed by atoms with Gasteiger partial charge in [0.25, 0.3) is 5.56 Å². The maximum Gasteiger partial charge on any atom is 0.261 e. The number of nitrogens with one attached hydrogen (secondary N) is 1. The Morgan fingerprint density at radius 3 is 2.91 bits per heavy atom. The summed E-state index contributed by atoms with van der Waals surface area (Å²) in [4.78, 5) is 28.8. The van der Waals surface area contributed by atoms with Crippen LogP contribution in [0.25, 0.3) is 10.9 Å². The number of nitrogens with zero attached hydrogens (tertiary/aromatic N) is 2. The Hall–Kier alpha value is -2.17. The van der Waals surface area contributed by atoms with Gasteiger partial charge in [0.05, 0.1) is 17.2 Å². The van der Waals surface area contributed by atoms with Gasteiger partial charge in [0, 0.05) is 6.04 Å². The number of fused-ring (bicyclic) bond motifs is 1. The van der Waals surface area contributed by atoms with Crippen molar-refractivity contribution in [3.63, 3.8) is 0 Å². The van der Waals surface area contributed by atoms with Crippen molar-refractivity contribution >= 4 is 16.8 Å². The van der Waals surface area contributed by atoms with Crippen molar-refractivity contribution in [2.75, 3.05) is 0 Å². The van der Waals surface area contributed by atoms with Crippen LogP contribution in [0.2, 0.25) is 0 Å². The third-order valence-electron chi connectivity index (χ3n) is 4.50. The van der Waals surface area contributed by atoms with Gasteiger partial charge in [0.1, 0.15) is 6.54 Å². The third kappa shape index (κ3) is 3.03. The van der Waals surface area contributed by atoms with E-state index in [1.165, 1.54) is 17.3 Å². The van der Waals surface area contributed by atoms with E-state index < -0.39 is 0 Å². The Morgan fingerprint density at radius 2 is 2.09 bits per heavy atom. The van der Waals surface area contributed by atoms with Gasteiger partial charge in [-0.2, -0.15) is 0 Å². The highest BCUT2D eigenvalue weighted by Crippen LogP contribution is 2.23. The summed E-state index contributed by atoms with van der Waals surface area (Å²) in [5.74, 6) is 0.391. The average Bonchev–Trinajstić information content (AvgIpc) is 2.53. The van der Waals surface area contributed by atoms with Crippen molar-refractivity contribution in [1.29, 1.82) is 0 Å². The summed E-state index contributed by atoms with van der Waals surface area (Å²) in [6.07, 6.45) is 6.03. The lowest BCUT2D eigenvalue weighted by Gasteiger charge is -2.29. The first-order valence-corrected chi connectivity index (χ1v) is 7.88. The van der Waals surface area contributed by atoms with Crippen LogP contribution in [-0.2, 0) is 11.3 Å². The van der Waals surface area contributed by atoms with Crippen molar-refractivity contribution in [2.24, 2.45) is 5.92 Å². The fourth-order valence-corrected chi connectivity index (χ4v) is 3.16. The first kappa shape index (κ1) is 14.8. The fraction of sp³-hybridized carbons (Fsp3) is 0.471. The zero-order valence-electron chi connectivity index (χ0n) is 12.8. The monoisotopic (exact) mass is 299 g/mol. The van der Waals surface area contributed by atoms with Crippen LogP contribution in [-0.4, -0.2) is 21.5 Å². The number of hydrogen-bond donors (Lipinski definition) is 1. The molecule has 1 aromatic heterocycles. The van der Waals surface area contributed by atoms with Gasteiger partial charge in [0.15, 0.2) is 0 Å². The number of benzene rings is 1. The Bertz CT molecular complexity index is 738. The Labute approximate surface area is 129 Å². The third-order valence-corrected chi connectivity index (χ3v) is 4.50. The molecular formula is C17H21N3O2. The summed E-state index contributed by atoms with van der Waals surface area (Å²) in [7, 11) is 0. The highest BCUT2D eigenvalue weighted by Gasteiger charge is 2.22. The molecule has 2 aromatic rings. The van der Waals surface area contributed by atoms with Crippen molar-refractivity contribution in [3.8, 4) is 0 Å². The molecule has 0 unspecified atom stereocenters. The van der Waals surface area contributed by atoms with E-state index in [0.29, 0.717) is 16.8 Å². The molecule has 1 saturated carbocycles. The van der Waals surface area contributed by atoms with Gasteiger partial charge in [-0.1, -0.05) is 31.9 Å². The molecule has 0 aliphatic heterocycles. The second kappa shape index (κ2) is 6.30. The lowest BCUT2D eigenvalue weighted by molar-refractivity contribution is -0.123. The molecule has 1 aliphatic rings. The minimum Gasteiger partial charge on any atom is -0.352 e. The molecule has 0 spiro atoms. The molecule has 1 aliphatic carbocycles. The van der Waals surface area contributed by atoms with E-state index in [9.17, 15) is 9.59 Å². The zero-order valence-corrected chi connectivity index (χ0v) is 12.8. The quantitative estimate of drug-likeness (QED) is 0.944. The molecule has 5 nitrogen and oxygen atoms in total. The van der Waals surface area contributed by atoms with E-state index in [4.69, 9.17) is 0 Å². The van der Waals surface area contributed by atoms with Gasteiger partial charge < -0.3 is 5.32 Å². The van der Waals surface area contributed by atoms with Crippen LogP contribution in [0.1, 0.15) is 32.6 Å². The van der Waals surface area contributed by atoms with Crippen LogP contribution < -0.4 is 10.9 Å². The van der Waals surface area contributed by atoms with Crippen LogP contribution in [0.5, 0.6) is 0 Å². The molecule has 1 amide bonds. The predicted octanol–water partition coefficient (Wildman–Crippen LogP) is 2.09. The number of rotatable bonds is 3. The number of hydrogen-bond acceptors (Lipinski definition) is 3. The molecule has 2 atom stereocenters. The van der Waals surface area contributed by atoms with Gasteiger partial charge in [-0.05, 0) is 30.9 Å². The fourth-order valence-electron chi connectivity index (χ4n) is 3.16. The predicted molar refractivity (Wildman–Crippen MR) is 85.6 cm³/mol. The second-order valence-electron chi connectivity index (χ2n) is 6.13. The van der Waals surface area contributed by atoms with Crippen molar-refractivity contribution in [1.82, 2.24) is 14.9 Å². The summed E-state index contributed by atoms with van der Waals surface area (Å²) < 4.78 is 1.38. The van der Waals surface area contributed by atoms with E-state index in [2.05, 4.69) is 17.2 Å². The zero-order chi connectivity index (χ0) is 15.5. The normalized spacial score (nSPS) is 21.7. The summed E-state index contributed by atoms with van der Waals surface area (Å²) in [5, 5.41) is 3.61. The van der Waals surface area contributed by atoms with Crippen LogP contribution >= 0.6 is 0 Å². The molecule has 1 aromatic carbocycles. The van der Waals surface area contributed by atoms with Crippen LogP contribution in [0.3, 0.4) is 0 Å². The van der Waals surface area contributed by atoms with Crippen LogP contribution in [0.15, 0.2) is 35.4 Å². The topological polar surface area (TPSA) is 64.0 Å². The smallest absolute Gasteiger partial charge is 0.261 e. The largest absolute Gasteiger partial charge is 0.352 e. The SMILES string of the molecule is C[C@H]1CCCC[C@H]1NC(=O)Cn1cnc2ccccc2c1=O. The summed E-state index contributed by atoms with van der Waals surface area (Å²) in [5.41, 5.74) is 0.488. The molecule has 3 rings (SSSR count). The maximum atomic E-state index is 12.4. The van der Waals surface area contributed by atoms with Gasteiger partial charge in [0.2, 0.25) is 5.91 Å². The summed E-state index contributed by atoms with van der Waals surface area (Å²) >= 11 is 0. The summed E-state index contributed by atoms with van der Waals surface area (Å²) in [6, 6.07) is 7.41. The van der Waals surface area contributed by atoms with Gasteiger partial charge >= 0.3 is 0 Å². The highest BCUT2D eigenvalue weighted by molar-refractivity contribution is 5.79. The first-order chi connectivity index (χ1) is 10.6. The van der Waals surface area contributed by atoms with Gasteiger partial charge in [-0.25, -0.2) is 4.98 Å². The summed E-state index contributed by atoms with van der Waals surface area (Å²) in [6.45, 7) is 2.20. The van der Waals surface area contributed by atoms with E-state index in [0.717, 1.165) is 19.3 Å². The number of para-hydroxylation sites is 1. The van der Waals surface area contributed by atoms with Crippen LogP contribution in [0, 0.1) is 5.92 Å². The molecule has 1 heterocycles. The number of aromatic nitrogens is 2. The average molecular weight is 299 g/mol. The van der Waals surface area contributed by atoms with Crippen LogP contribution in [0.4, 0.5) is 0 Å². The number of carbonyl (C=O) groups is 1. The number of amides is 1. The van der Waals surface area contributed by atoms with Crippen molar-refractivity contribution in [3.05, 3.63) is 40.9 Å². The first-order valence-electron chi connectivity index (χ1n) is 7.88. The van der Waals surface area contributed by atoms with E-state index >= 15 is 0 Å². The lowest BCUT2D eigenvalue weighted by atomic mass is 9.86. The second-order valence-corrected chi connectivity index (χ2v) is 6.13. The maximum absolute atomic E-state index is 12.4. The Balaban J connectivity index is 1.74. The Morgan fingerprint density at radius 1 is 1.32 bits per heavy atom. The van der Waals surface area contributed by atoms with E-state index in [1.54, 1.807) is 18.2 Å². The Kier molecular flexibility index (Phi) is 4.22. The van der Waals surface area contributed by atoms with Gasteiger partial charge in [-0.15, -0.1) is 0 Å². The molecular weight excluding hydrogens is 278 g/mol. The van der Waals surface area contributed by atoms with Gasteiger partial charge in [-0.3, -0.25) is 14.2 Å². The minimum atomic E-state index is -0.169. The highest BCUT2D eigenvalue weighted by atomic mass is 16.2. The van der Waals surface area contributed by atoms with E-state index in [-0.39, 0.29) is 24.1 Å². The minimum absolute atomic E-state index is 0.0277. The number of carbonyl (C=O) groups excluding carboxylic acids is 1. The molecule has 1 N–H and O–H groups in total. The van der Waals surface area contributed by atoms with E-state index in [1.807, 2.05) is 6.07 Å². The standard InChI is InChI=1S/C17H21N3O2/c1-12-6-2-4-8-14(12)19-16(21)10-20-11-18-15-9-5-3-7-13(15)17(20)22/h3,5,7,9,11-12,14H,2,4,6,8,10H2,1H3,(H,19,21)/t12-,14+/m0/s1. The molecule has 0 saturated heterocycles.